The van der Waals surface area contributed by atoms with Crippen molar-refractivity contribution in [1.82, 2.24) is 26.6 Å². The molecule has 8 N–H and O–H groups in total. The lowest BCUT2D eigenvalue weighted by atomic mass is 9.55. The molecule has 7 rings (SSSR count). The van der Waals surface area contributed by atoms with Gasteiger partial charge in [0.2, 0.25) is 0 Å². The van der Waals surface area contributed by atoms with Gasteiger partial charge in [-0.05, 0) is 157 Å². The lowest BCUT2D eigenvalue weighted by molar-refractivity contribution is -0.161. The Bertz CT molecular complexity index is 1640. The molecule has 0 radical (unpaired) electrons. The number of carbonyl (C=O) groups excluding carboxylic acids is 3. The first-order valence-corrected chi connectivity index (χ1v) is 23.8. The Labute approximate surface area is 359 Å². The minimum absolute atomic E-state index is 0.0334. The summed E-state index contributed by atoms with van der Waals surface area (Å²) in [7, 11) is 1.93. The van der Waals surface area contributed by atoms with Crippen molar-refractivity contribution in [3.8, 4) is 0 Å². The predicted octanol–water partition coefficient (Wildman–Crippen LogP) is 4.77. The van der Waals surface area contributed by atoms with Gasteiger partial charge in [0.1, 0.15) is 0 Å². The number of nitrogens with two attached hydrogens (primary N) is 1. The number of rotatable bonds is 18. The van der Waals surface area contributed by atoms with Gasteiger partial charge in [0.25, 0.3) is 5.60 Å². The Balaban J connectivity index is 1.13. The van der Waals surface area contributed by atoms with Gasteiger partial charge in [0.15, 0.2) is 17.2 Å². The molecule has 5 fully saturated rings. The molecule has 7 aliphatic rings. The molecule has 0 bridgehead atoms. The van der Waals surface area contributed by atoms with E-state index in [2.05, 4.69) is 65.6 Å². The minimum Gasteiger partial charge on any atom is -0.463 e. The van der Waals surface area contributed by atoms with Crippen LogP contribution in [-0.4, -0.2) is 98.8 Å². The summed E-state index contributed by atoms with van der Waals surface area (Å²) in [5.74, 6) is -0.809. The first kappa shape index (κ1) is 45.7. The zero-order valence-corrected chi connectivity index (χ0v) is 37.4. The lowest BCUT2D eigenvalue weighted by Crippen LogP contribution is -2.60. The first-order chi connectivity index (χ1) is 28.8. The molecule has 0 aromatic rings. The van der Waals surface area contributed by atoms with Crippen molar-refractivity contribution < 1.29 is 29.0 Å². The van der Waals surface area contributed by atoms with Crippen molar-refractivity contribution in [3.05, 3.63) is 34.9 Å². The number of Topliss-reactive ketones (excluding diaryl/α,β-unsaturated/α-hetero) is 2. The summed E-state index contributed by atoms with van der Waals surface area (Å²) < 4.78 is 12.9. The molecule has 2 saturated carbocycles. The third-order valence-electron chi connectivity index (χ3n) is 15.8. The number of piperidine rings is 2. The maximum atomic E-state index is 15.4. The van der Waals surface area contributed by atoms with Gasteiger partial charge in [-0.3, -0.25) is 14.9 Å². The quantitative estimate of drug-likeness (QED) is 0.0331. The van der Waals surface area contributed by atoms with Crippen LogP contribution in [0.2, 0.25) is 0 Å². The summed E-state index contributed by atoms with van der Waals surface area (Å²) in [6.07, 6.45) is 20.0. The van der Waals surface area contributed by atoms with Crippen LogP contribution in [0, 0.1) is 46.8 Å². The summed E-state index contributed by atoms with van der Waals surface area (Å²) in [5.41, 5.74) is 5.47. The van der Waals surface area contributed by atoms with E-state index in [1.165, 1.54) is 5.57 Å². The highest BCUT2D eigenvalue weighted by atomic mass is 16.7. The molecule has 12 nitrogen and oxygen atoms in total. The van der Waals surface area contributed by atoms with E-state index in [0.717, 1.165) is 115 Å². The summed E-state index contributed by atoms with van der Waals surface area (Å²) in [5, 5.41) is 28.2. The number of allylic oxidation sites excluding steroid dienone is 4. The van der Waals surface area contributed by atoms with Gasteiger partial charge >= 0.3 is 5.97 Å². The van der Waals surface area contributed by atoms with Crippen molar-refractivity contribution >= 4 is 17.5 Å². The second-order valence-corrected chi connectivity index (χ2v) is 20.6. The van der Waals surface area contributed by atoms with E-state index in [1.807, 2.05) is 14.0 Å². The van der Waals surface area contributed by atoms with Crippen LogP contribution < -0.4 is 32.3 Å². The van der Waals surface area contributed by atoms with Crippen LogP contribution in [0.3, 0.4) is 0 Å². The van der Waals surface area contributed by atoms with E-state index in [-0.39, 0.29) is 66.8 Å². The fraction of sp³-hybridized carbons (Fsp3) is 0.812. The molecule has 0 aromatic heterocycles. The number of ether oxygens (including phenoxy) is 2. The molecule has 12 heteroatoms. The maximum Gasteiger partial charge on any atom is 0.350 e. The van der Waals surface area contributed by atoms with Crippen molar-refractivity contribution in [1.29, 1.82) is 0 Å². The molecule has 12 atom stereocenters. The number of hydrogen-bond acceptors (Lipinski definition) is 12. The molecule has 336 valence electrons. The average molecular weight is 835 g/mol. The molecule has 3 saturated heterocycles. The normalized spacial score (nSPS) is 38.3. The van der Waals surface area contributed by atoms with E-state index >= 15 is 9.59 Å². The Morgan fingerprint density at radius 3 is 2.62 bits per heavy atom. The van der Waals surface area contributed by atoms with Crippen LogP contribution >= 0.6 is 0 Å². The van der Waals surface area contributed by atoms with Gasteiger partial charge in [0, 0.05) is 36.9 Å². The first-order valence-electron chi connectivity index (χ1n) is 23.8. The molecule has 4 aliphatic carbocycles. The number of fused-ring (bicyclic) bond motifs is 3. The highest BCUT2D eigenvalue weighted by Crippen LogP contribution is 2.64. The Kier molecular flexibility index (Phi) is 15.0. The van der Waals surface area contributed by atoms with Gasteiger partial charge in [0.05, 0.1) is 25.5 Å². The van der Waals surface area contributed by atoms with Gasteiger partial charge in [-0.15, -0.1) is 0 Å². The van der Waals surface area contributed by atoms with E-state index in [1.54, 1.807) is 0 Å². The number of ketones is 2. The van der Waals surface area contributed by atoms with Gasteiger partial charge in [-0.1, -0.05) is 51.0 Å². The van der Waals surface area contributed by atoms with E-state index in [9.17, 15) is 9.90 Å². The molecule has 0 aromatic carbocycles. The number of esters is 1. The maximum absolute atomic E-state index is 15.4. The van der Waals surface area contributed by atoms with Crippen LogP contribution in [0.1, 0.15) is 124 Å². The van der Waals surface area contributed by atoms with Gasteiger partial charge in [-0.2, -0.15) is 0 Å². The second-order valence-electron chi connectivity index (χ2n) is 20.6. The third kappa shape index (κ3) is 9.61. The molecule has 60 heavy (non-hydrogen) atoms. The van der Waals surface area contributed by atoms with Crippen molar-refractivity contribution in [3.63, 3.8) is 0 Å². The number of nitrogens with one attached hydrogen (secondary N) is 5. The summed E-state index contributed by atoms with van der Waals surface area (Å²) in [6, 6.07) is 0.0354. The fourth-order valence-electron chi connectivity index (χ4n) is 12.6. The fourth-order valence-corrected chi connectivity index (χ4v) is 12.6. The zero-order chi connectivity index (χ0) is 42.7. The van der Waals surface area contributed by atoms with Gasteiger partial charge in [-0.25, -0.2) is 4.79 Å². The summed E-state index contributed by atoms with van der Waals surface area (Å²) in [6.45, 7) is 11.9. The smallest absolute Gasteiger partial charge is 0.350 e. The highest BCUT2D eigenvalue weighted by Gasteiger charge is 2.87. The number of epoxide rings is 1. The van der Waals surface area contributed by atoms with E-state index in [0.29, 0.717) is 29.7 Å². The van der Waals surface area contributed by atoms with Crippen LogP contribution in [0.15, 0.2) is 34.9 Å². The average Bonchev–Trinajstić information content (AvgIpc) is 3.94. The Hall–Kier alpha value is -2.29. The SMILES string of the molecule is CCN[C@H]1C=C2C=CCC[C@H]2C[C@H]1COC(=O)[C@]12O[C@@]1(CC(CO)=C(C)CCC1CCNC(NCNC)C1)C(=O)C1CCCC(CC(C)(C)CC3CCC(N)NC3)C1C2=O. The number of aliphatic hydroxyl groups excluding tert-OH is 1. The largest absolute Gasteiger partial charge is 0.463 e. The van der Waals surface area contributed by atoms with Crippen molar-refractivity contribution in [2.24, 2.45) is 52.6 Å². The predicted molar refractivity (Wildman–Crippen MR) is 234 cm³/mol. The van der Waals surface area contributed by atoms with Crippen LogP contribution in [0.5, 0.6) is 0 Å². The summed E-state index contributed by atoms with van der Waals surface area (Å²) >= 11 is 0. The second kappa shape index (κ2) is 19.6. The third-order valence-corrected chi connectivity index (χ3v) is 15.8. The van der Waals surface area contributed by atoms with Crippen molar-refractivity contribution in [2.45, 2.75) is 154 Å². The number of aliphatic hydroxyl groups is 1. The molecule has 7 unspecified atom stereocenters. The highest BCUT2D eigenvalue weighted by molar-refractivity contribution is 6.23. The molecular formula is C48H78N6O6. The molecule has 0 spiro atoms. The molecule has 0 amide bonds. The molecule has 3 heterocycles. The van der Waals surface area contributed by atoms with E-state index in [4.69, 9.17) is 15.2 Å². The molecular weight excluding hydrogens is 757 g/mol. The number of hydrogen-bond donors (Lipinski definition) is 7. The Morgan fingerprint density at radius 1 is 1.03 bits per heavy atom. The summed E-state index contributed by atoms with van der Waals surface area (Å²) in [4.78, 5) is 45.4. The van der Waals surface area contributed by atoms with Crippen LogP contribution in [0.4, 0.5) is 0 Å². The number of carbonyl (C=O) groups is 3. The number of likely N-dealkylation sites (N-methyl/N-ethyl adjacent to an activating group) is 1. The Morgan fingerprint density at radius 2 is 1.87 bits per heavy atom. The topological polar surface area (TPSA) is 179 Å². The lowest BCUT2D eigenvalue weighted by Gasteiger charge is -2.45. The molecule has 3 aliphatic heterocycles. The standard InChI is InChI=1S/C48H78N6O6/c1-6-51-39-22-34-11-8-7-10-33(34)21-36(39)28-59-45(58)48-44(57)42-35(24-46(3,4)23-32-16-17-40(49)53-26-32)12-9-13-38(42)43(56)47(48,60-48)25-37(27-55)30(2)14-15-31-18-19-52-41(20-31)54-29-50-5/h8,11,22,31-33,35-36,38-42,50-55H,6-7,9-10,12-21,23-29,49H2,1-5H3/t31?,32?,33-,35?,36-,38?,39-,40?,41?,42?,47-,48-/m0/s1. The van der Waals surface area contributed by atoms with Crippen LogP contribution in [0.25, 0.3) is 0 Å². The van der Waals surface area contributed by atoms with Crippen LogP contribution in [-0.2, 0) is 23.9 Å². The zero-order valence-electron chi connectivity index (χ0n) is 37.4. The van der Waals surface area contributed by atoms with Gasteiger partial charge < -0.3 is 41.6 Å². The van der Waals surface area contributed by atoms with E-state index < -0.39 is 29.0 Å². The monoisotopic (exact) mass is 835 g/mol. The van der Waals surface area contributed by atoms with Crippen molar-refractivity contribution in [2.75, 3.05) is 46.6 Å². The minimum atomic E-state index is -1.99.